The predicted octanol–water partition coefficient (Wildman–Crippen LogP) is 9.81. The number of fused-ring (bicyclic) bond motifs is 2. The van der Waals surface area contributed by atoms with Crippen molar-refractivity contribution in [2.45, 2.75) is 82.8 Å². The minimum absolute atomic E-state index is 0.000992. The Labute approximate surface area is 377 Å². The second-order valence-corrected chi connectivity index (χ2v) is 16.4. The van der Waals surface area contributed by atoms with Crippen molar-refractivity contribution in [1.82, 2.24) is 4.90 Å². The summed E-state index contributed by atoms with van der Waals surface area (Å²) in [6, 6.07) is 21.8. The summed E-state index contributed by atoms with van der Waals surface area (Å²) in [5, 5.41) is 36.0. The van der Waals surface area contributed by atoms with E-state index in [0.717, 1.165) is 24.0 Å². The first-order chi connectivity index (χ1) is 31.6. The predicted molar refractivity (Wildman–Crippen MR) is 238 cm³/mol. The highest BCUT2D eigenvalue weighted by molar-refractivity contribution is 6.03. The fourth-order valence-corrected chi connectivity index (χ4v) is 9.54. The first kappa shape index (κ1) is 46.8. The lowest BCUT2D eigenvalue weighted by Crippen LogP contribution is -2.70. The molecule has 0 spiro atoms. The molecule has 0 saturated heterocycles. The molecule has 2 aliphatic carbocycles. The van der Waals surface area contributed by atoms with Gasteiger partial charge in [0.05, 0.1) is 23.2 Å². The molecule has 0 radical (unpaired) electrons. The number of nitro benzene ring substituents is 1. The first-order valence-corrected chi connectivity index (χ1v) is 22.1. The number of carbonyl (C=O) groups excluding carboxylic acids is 1. The van der Waals surface area contributed by atoms with Gasteiger partial charge in [-0.15, -0.1) is 6.58 Å². The molecule has 1 amide bonds. The van der Waals surface area contributed by atoms with Crippen molar-refractivity contribution in [3.8, 4) is 17.2 Å². The zero-order valence-electron chi connectivity index (χ0n) is 36.4. The van der Waals surface area contributed by atoms with E-state index in [0.29, 0.717) is 54.0 Å². The van der Waals surface area contributed by atoms with Gasteiger partial charge in [-0.25, -0.2) is 13.6 Å². The van der Waals surface area contributed by atoms with Crippen molar-refractivity contribution in [2.75, 3.05) is 26.4 Å². The minimum atomic E-state index is -1.65. The fraction of sp³-hybridized carbons (Fsp3) is 0.400. The number of hydrogen-bond donors (Lipinski definition) is 2. The molecule has 15 heteroatoms. The number of non-ortho nitro benzene ring substituents is 1. The van der Waals surface area contributed by atoms with Gasteiger partial charge in [0.2, 0.25) is 5.79 Å². The summed E-state index contributed by atoms with van der Waals surface area (Å²) in [6.45, 7) is 5.98. The molecule has 0 unspecified atom stereocenters. The van der Waals surface area contributed by atoms with E-state index in [2.05, 4.69) is 12.7 Å². The van der Waals surface area contributed by atoms with Gasteiger partial charge in [-0.3, -0.25) is 15.0 Å². The van der Waals surface area contributed by atoms with Crippen LogP contribution in [0.5, 0.6) is 17.2 Å². The van der Waals surface area contributed by atoms with Gasteiger partial charge in [0, 0.05) is 55.4 Å². The zero-order valence-corrected chi connectivity index (χ0v) is 36.4. The molecular formula is C50H55F2N3O10. The Morgan fingerprint density at radius 2 is 1.71 bits per heavy atom. The molecule has 65 heavy (non-hydrogen) atoms. The first-order valence-electron chi connectivity index (χ1n) is 22.1. The molecule has 1 saturated carbocycles. The van der Waals surface area contributed by atoms with Crippen LogP contribution in [0.15, 0.2) is 120 Å². The third-order valence-electron chi connectivity index (χ3n) is 12.4. The SMILES string of the molecule is C=CCO[C@@]12Oc3ccc(OCc4ccccc4F)cc3[C@H]3[C@H](CCCCO)[C@@H](CCCCO)C=C(C(=NOCC)C[C@@H]1N(Cc1ccc(F)cc1)C(=O)Oc1ccc([N+](=O)[O-])cc1)[C@H]32. The van der Waals surface area contributed by atoms with Gasteiger partial charge in [0.25, 0.3) is 5.69 Å². The van der Waals surface area contributed by atoms with Crippen molar-refractivity contribution in [1.29, 1.82) is 0 Å². The van der Waals surface area contributed by atoms with E-state index < -0.39 is 34.6 Å². The fourth-order valence-electron chi connectivity index (χ4n) is 9.54. The van der Waals surface area contributed by atoms with Gasteiger partial charge >= 0.3 is 6.09 Å². The van der Waals surface area contributed by atoms with E-state index in [9.17, 15) is 33.9 Å². The maximum Gasteiger partial charge on any atom is 0.416 e. The molecule has 4 aromatic rings. The van der Waals surface area contributed by atoms with E-state index in [-0.39, 0.29) is 81.0 Å². The van der Waals surface area contributed by atoms with E-state index in [1.807, 2.05) is 13.0 Å². The largest absolute Gasteiger partial charge is 0.489 e. The molecule has 1 fully saturated rings. The van der Waals surface area contributed by atoms with E-state index >= 15 is 0 Å². The Bertz CT molecular complexity index is 2340. The number of benzene rings is 4. The van der Waals surface area contributed by atoms with Crippen molar-refractivity contribution >= 4 is 17.5 Å². The van der Waals surface area contributed by atoms with Crippen LogP contribution in [0.2, 0.25) is 0 Å². The molecule has 13 nitrogen and oxygen atoms in total. The van der Waals surface area contributed by atoms with Crippen LogP contribution in [-0.4, -0.2) is 70.1 Å². The number of oxime groups is 1. The van der Waals surface area contributed by atoms with Gasteiger partial charge < -0.3 is 34.0 Å². The Balaban J connectivity index is 1.43. The number of hydrogen-bond acceptors (Lipinski definition) is 11. The molecule has 2 N–H and O–H groups in total. The van der Waals surface area contributed by atoms with Crippen LogP contribution < -0.4 is 14.2 Å². The Morgan fingerprint density at radius 3 is 2.40 bits per heavy atom. The van der Waals surface area contributed by atoms with Crippen LogP contribution in [0.25, 0.3) is 0 Å². The number of halogens is 2. The lowest BCUT2D eigenvalue weighted by molar-refractivity contribution is -0.384. The summed E-state index contributed by atoms with van der Waals surface area (Å²) in [5.74, 6) is -2.67. The molecule has 4 aromatic carbocycles. The standard InChI is InChI=1S/C50H55F2N3O10/c1-3-27-62-50-46(54(31-33-15-17-36(51)18-16-33)49(58)64-38-21-19-37(20-22-38)55(59)60)30-44(53-63-4-2)41-28-34(11-7-9-25-56)40(13-8-10-26-57)47(48(41)50)42-29-39(23-24-45(42)65-50)61-32-35-12-5-6-14-43(35)52/h3,5-6,12,14-24,28-29,34,40,46-48,56-57H,1,4,7-11,13,25-27,30-32H2,2H3/t34-,40+,46-,47+,48+,50+/m0/s1. The number of ether oxygens (including phenoxy) is 4. The molecule has 1 heterocycles. The van der Waals surface area contributed by atoms with Crippen molar-refractivity contribution in [2.24, 2.45) is 22.9 Å². The average Bonchev–Trinajstić information content (AvgIpc) is 3.31. The second-order valence-electron chi connectivity index (χ2n) is 16.4. The molecule has 344 valence electrons. The highest BCUT2D eigenvalue weighted by Crippen LogP contribution is 2.62. The zero-order chi connectivity index (χ0) is 45.9. The molecule has 0 aromatic heterocycles. The van der Waals surface area contributed by atoms with Crippen LogP contribution in [0.3, 0.4) is 0 Å². The van der Waals surface area contributed by atoms with Crippen LogP contribution in [0, 0.1) is 39.5 Å². The molecule has 3 aliphatic rings. The monoisotopic (exact) mass is 895 g/mol. The topological polar surface area (TPSA) is 162 Å². The number of nitrogens with zero attached hydrogens (tertiary/aromatic N) is 3. The lowest BCUT2D eigenvalue weighted by atomic mass is 9.55. The second kappa shape index (κ2) is 21.7. The van der Waals surface area contributed by atoms with E-state index in [4.69, 9.17) is 28.9 Å². The number of amides is 1. The number of carbonyl (C=O) groups is 1. The number of allylic oxidation sites excluding steroid dienone is 1. The number of aliphatic hydroxyl groups excluding tert-OH is 2. The maximum absolute atomic E-state index is 14.9. The van der Waals surface area contributed by atoms with Gasteiger partial charge in [-0.1, -0.05) is 60.5 Å². The third kappa shape index (κ3) is 10.5. The number of rotatable bonds is 21. The average molecular weight is 896 g/mol. The highest BCUT2D eigenvalue weighted by Gasteiger charge is 2.65. The minimum Gasteiger partial charge on any atom is -0.489 e. The Kier molecular flexibility index (Phi) is 15.6. The van der Waals surface area contributed by atoms with Gasteiger partial charge in [0.1, 0.15) is 48.1 Å². The van der Waals surface area contributed by atoms with Crippen molar-refractivity contribution in [3.05, 3.63) is 154 Å². The van der Waals surface area contributed by atoms with Crippen molar-refractivity contribution < 1.29 is 52.5 Å². The molecule has 7 rings (SSSR count). The molecular weight excluding hydrogens is 841 g/mol. The van der Waals surface area contributed by atoms with Gasteiger partial charge in [-0.2, -0.15) is 0 Å². The normalized spacial score (nSPS) is 22.4. The van der Waals surface area contributed by atoms with Crippen LogP contribution >= 0.6 is 0 Å². The summed E-state index contributed by atoms with van der Waals surface area (Å²) >= 11 is 0. The lowest BCUT2D eigenvalue weighted by Gasteiger charge is -2.59. The smallest absolute Gasteiger partial charge is 0.416 e. The summed E-state index contributed by atoms with van der Waals surface area (Å²) < 4.78 is 55.7. The quantitative estimate of drug-likeness (QED) is 0.0356. The summed E-state index contributed by atoms with van der Waals surface area (Å²) in [4.78, 5) is 33.1. The van der Waals surface area contributed by atoms with E-state index in [1.54, 1.807) is 48.5 Å². The summed E-state index contributed by atoms with van der Waals surface area (Å²) in [5.41, 5.74) is 2.94. The summed E-state index contributed by atoms with van der Waals surface area (Å²) in [7, 11) is 0. The van der Waals surface area contributed by atoms with Crippen LogP contribution in [-0.2, 0) is 22.7 Å². The van der Waals surface area contributed by atoms with Crippen molar-refractivity contribution in [3.63, 3.8) is 0 Å². The highest BCUT2D eigenvalue weighted by atomic mass is 19.1. The number of aliphatic hydroxyl groups is 2. The Hall–Kier alpha value is -6.16. The van der Waals surface area contributed by atoms with Crippen LogP contribution in [0.4, 0.5) is 19.3 Å². The molecule has 6 atom stereocenters. The number of unbranched alkanes of at least 4 members (excludes halogenated alkanes) is 2. The maximum atomic E-state index is 14.9. The van der Waals surface area contributed by atoms with E-state index in [1.165, 1.54) is 47.4 Å². The summed E-state index contributed by atoms with van der Waals surface area (Å²) in [6.07, 6.45) is 7.09. The van der Waals surface area contributed by atoms with Gasteiger partial charge in [-0.05, 0) is 104 Å². The third-order valence-corrected chi connectivity index (χ3v) is 12.4. The van der Waals surface area contributed by atoms with Crippen LogP contribution in [0.1, 0.15) is 74.5 Å². The molecule has 1 aliphatic heterocycles. The van der Waals surface area contributed by atoms with Gasteiger partial charge in [0.15, 0.2) is 0 Å². The molecule has 0 bridgehead atoms. The Morgan fingerprint density at radius 1 is 0.985 bits per heavy atom. The number of nitro groups is 1.